The number of rotatable bonds is 6. The minimum atomic E-state index is -0.334. The summed E-state index contributed by atoms with van der Waals surface area (Å²) >= 11 is 1.25. The number of methoxy groups -OCH3 is 1. The molecule has 0 N–H and O–H groups in total. The van der Waals surface area contributed by atoms with E-state index in [4.69, 9.17) is 9.15 Å². The first-order valence-electron chi connectivity index (χ1n) is 7.82. The summed E-state index contributed by atoms with van der Waals surface area (Å²) in [5, 5.41) is 8.14. The van der Waals surface area contributed by atoms with E-state index in [0.29, 0.717) is 16.7 Å². The van der Waals surface area contributed by atoms with E-state index in [9.17, 15) is 4.79 Å². The van der Waals surface area contributed by atoms with Crippen LogP contribution in [-0.2, 0) is 0 Å². The molecule has 0 aliphatic carbocycles. The zero-order chi connectivity index (χ0) is 17.8. The third kappa shape index (κ3) is 4.09. The van der Waals surface area contributed by atoms with Gasteiger partial charge in [-0.15, -0.1) is 10.2 Å². The highest BCUT2D eigenvalue weighted by Gasteiger charge is 2.20. The predicted octanol–water partition coefficient (Wildman–Crippen LogP) is 4.42. The summed E-state index contributed by atoms with van der Waals surface area (Å²) in [5.74, 6) is 1.17. The highest BCUT2D eigenvalue weighted by molar-refractivity contribution is 8.00. The van der Waals surface area contributed by atoms with Crippen LogP contribution in [0.2, 0.25) is 0 Å². The van der Waals surface area contributed by atoms with Crippen LogP contribution >= 0.6 is 11.8 Å². The number of benzene rings is 2. The second-order valence-corrected chi connectivity index (χ2v) is 6.88. The smallest absolute Gasteiger partial charge is 0.277 e. The van der Waals surface area contributed by atoms with Crippen LogP contribution < -0.4 is 4.74 Å². The molecule has 0 aliphatic heterocycles. The lowest BCUT2D eigenvalue weighted by atomic mass is 10.1. The van der Waals surface area contributed by atoms with Gasteiger partial charge in [-0.05, 0) is 50.2 Å². The Hall–Kier alpha value is -2.60. The first kappa shape index (κ1) is 17.2. The topological polar surface area (TPSA) is 65.2 Å². The average Bonchev–Trinajstić information content (AvgIpc) is 3.10. The van der Waals surface area contributed by atoms with Crippen molar-refractivity contribution < 1.29 is 13.9 Å². The van der Waals surface area contributed by atoms with E-state index in [0.717, 1.165) is 16.9 Å². The molecule has 0 aliphatic rings. The molecule has 0 amide bonds. The van der Waals surface area contributed by atoms with Gasteiger partial charge in [0, 0.05) is 11.1 Å². The van der Waals surface area contributed by atoms with Gasteiger partial charge in [-0.2, -0.15) is 0 Å². The highest BCUT2D eigenvalue weighted by Crippen LogP contribution is 2.28. The maximum absolute atomic E-state index is 12.5. The first-order valence-corrected chi connectivity index (χ1v) is 8.70. The molecule has 0 bridgehead atoms. The molecule has 0 saturated heterocycles. The van der Waals surface area contributed by atoms with Gasteiger partial charge in [0.2, 0.25) is 5.89 Å². The lowest BCUT2D eigenvalue weighted by Crippen LogP contribution is -2.13. The van der Waals surface area contributed by atoms with Crippen LogP contribution in [0.25, 0.3) is 11.5 Å². The van der Waals surface area contributed by atoms with Crippen LogP contribution in [0.1, 0.15) is 22.8 Å². The Morgan fingerprint density at radius 2 is 1.76 bits per heavy atom. The minimum Gasteiger partial charge on any atom is -0.497 e. The summed E-state index contributed by atoms with van der Waals surface area (Å²) in [5.41, 5.74) is 2.65. The molecule has 0 spiro atoms. The third-order valence-electron chi connectivity index (χ3n) is 3.73. The fraction of sp³-hybridized carbons (Fsp3) is 0.211. The van der Waals surface area contributed by atoms with Gasteiger partial charge in [0.25, 0.3) is 5.22 Å². The van der Waals surface area contributed by atoms with Crippen molar-refractivity contribution >= 4 is 17.5 Å². The van der Waals surface area contributed by atoms with Crippen molar-refractivity contribution in [3.05, 3.63) is 59.7 Å². The molecule has 0 unspecified atom stereocenters. The van der Waals surface area contributed by atoms with E-state index in [1.807, 2.05) is 38.1 Å². The minimum absolute atomic E-state index is 0.00254. The molecule has 1 aromatic heterocycles. The maximum Gasteiger partial charge on any atom is 0.277 e. The lowest BCUT2D eigenvalue weighted by molar-refractivity contribution is 0.0993. The number of aromatic nitrogens is 2. The molecule has 3 aromatic rings. The van der Waals surface area contributed by atoms with Crippen molar-refractivity contribution in [1.82, 2.24) is 10.2 Å². The largest absolute Gasteiger partial charge is 0.497 e. The number of nitrogens with zero attached hydrogens (tertiary/aromatic N) is 2. The summed E-state index contributed by atoms with van der Waals surface area (Å²) in [6.07, 6.45) is 0. The predicted molar refractivity (Wildman–Crippen MR) is 97.1 cm³/mol. The van der Waals surface area contributed by atoms with E-state index in [1.165, 1.54) is 11.8 Å². The van der Waals surface area contributed by atoms with Gasteiger partial charge < -0.3 is 9.15 Å². The maximum atomic E-state index is 12.5. The van der Waals surface area contributed by atoms with Crippen molar-refractivity contribution in [2.45, 2.75) is 24.3 Å². The standard InChI is InChI=1S/C19H18N2O3S/c1-12-4-6-15(7-5-12)18-20-21-19(24-18)25-13(2)17(22)14-8-10-16(23-3)11-9-14/h4-11,13H,1-3H3/t13-/m1/s1. The highest BCUT2D eigenvalue weighted by atomic mass is 32.2. The van der Waals surface area contributed by atoms with Crippen LogP contribution in [0, 0.1) is 6.92 Å². The molecule has 2 aromatic carbocycles. The zero-order valence-corrected chi connectivity index (χ0v) is 15.0. The Labute approximate surface area is 150 Å². The van der Waals surface area contributed by atoms with Crippen molar-refractivity contribution in [3.63, 3.8) is 0 Å². The van der Waals surface area contributed by atoms with Crippen LogP contribution in [0.15, 0.2) is 58.2 Å². The Morgan fingerprint density at radius 3 is 2.40 bits per heavy atom. The zero-order valence-electron chi connectivity index (χ0n) is 14.2. The SMILES string of the molecule is COc1ccc(C(=O)[C@@H](C)Sc2nnc(-c3ccc(C)cc3)o2)cc1. The molecule has 1 atom stereocenters. The van der Waals surface area contributed by atoms with Crippen LogP contribution in [0.4, 0.5) is 0 Å². The quantitative estimate of drug-likeness (QED) is 0.482. The summed E-state index contributed by atoms with van der Waals surface area (Å²) in [6, 6.07) is 14.9. The Kier molecular flexibility index (Phi) is 5.19. The van der Waals surface area contributed by atoms with Gasteiger partial charge >= 0.3 is 0 Å². The number of ketones is 1. The molecule has 128 valence electrons. The molecule has 25 heavy (non-hydrogen) atoms. The normalized spacial score (nSPS) is 12.0. The lowest BCUT2D eigenvalue weighted by Gasteiger charge is -2.08. The van der Waals surface area contributed by atoms with Crippen LogP contribution in [0.5, 0.6) is 5.75 Å². The molecule has 3 rings (SSSR count). The van der Waals surface area contributed by atoms with Crippen LogP contribution in [0.3, 0.4) is 0 Å². The molecular formula is C19H18N2O3S. The second kappa shape index (κ2) is 7.53. The van der Waals surface area contributed by atoms with E-state index in [2.05, 4.69) is 10.2 Å². The number of thioether (sulfide) groups is 1. The first-order chi connectivity index (χ1) is 12.1. The summed E-state index contributed by atoms with van der Waals surface area (Å²) < 4.78 is 10.8. The Morgan fingerprint density at radius 1 is 1.08 bits per heavy atom. The van der Waals surface area contributed by atoms with Gasteiger partial charge in [0.1, 0.15) is 5.75 Å². The van der Waals surface area contributed by atoms with Gasteiger partial charge in [-0.3, -0.25) is 4.79 Å². The Bertz CT molecular complexity index is 857. The third-order valence-corrected chi connectivity index (χ3v) is 4.66. The summed E-state index contributed by atoms with van der Waals surface area (Å²) in [6.45, 7) is 3.85. The molecule has 0 saturated carbocycles. The number of hydrogen-bond acceptors (Lipinski definition) is 6. The van der Waals surface area contributed by atoms with E-state index in [1.54, 1.807) is 31.4 Å². The fourth-order valence-electron chi connectivity index (χ4n) is 2.26. The molecular weight excluding hydrogens is 336 g/mol. The van der Waals surface area contributed by atoms with Crippen molar-refractivity contribution in [2.24, 2.45) is 0 Å². The fourth-order valence-corrected chi connectivity index (χ4v) is 3.03. The summed E-state index contributed by atoms with van der Waals surface area (Å²) in [7, 11) is 1.59. The van der Waals surface area contributed by atoms with Gasteiger partial charge in [-0.1, -0.05) is 29.5 Å². The van der Waals surface area contributed by atoms with Crippen molar-refractivity contribution in [1.29, 1.82) is 0 Å². The molecule has 0 radical (unpaired) electrons. The number of ether oxygens (including phenoxy) is 1. The van der Waals surface area contributed by atoms with Gasteiger partial charge in [0.05, 0.1) is 12.4 Å². The molecule has 5 nitrogen and oxygen atoms in total. The number of Topliss-reactive ketones (excluding diaryl/α,β-unsaturated/α-hetero) is 1. The Balaban J connectivity index is 1.69. The van der Waals surface area contributed by atoms with Gasteiger partial charge in [0.15, 0.2) is 5.78 Å². The van der Waals surface area contributed by atoms with Gasteiger partial charge in [-0.25, -0.2) is 0 Å². The number of aryl methyl sites for hydroxylation is 1. The molecule has 6 heteroatoms. The van der Waals surface area contributed by atoms with E-state index in [-0.39, 0.29) is 11.0 Å². The van der Waals surface area contributed by atoms with Crippen molar-refractivity contribution in [3.8, 4) is 17.2 Å². The van der Waals surface area contributed by atoms with E-state index < -0.39 is 0 Å². The van der Waals surface area contributed by atoms with E-state index >= 15 is 0 Å². The molecule has 0 fully saturated rings. The number of carbonyl (C=O) groups is 1. The monoisotopic (exact) mass is 354 g/mol. The number of carbonyl (C=O) groups excluding carboxylic acids is 1. The summed E-state index contributed by atoms with van der Waals surface area (Å²) in [4.78, 5) is 12.5. The van der Waals surface area contributed by atoms with Crippen LogP contribution in [-0.4, -0.2) is 28.3 Å². The number of hydrogen-bond donors (Lipinski definition) is 0. The average molecular weight is 354 g/mol. The molecule has 1 heterocycles. The second-order valence-electron chi connectivity index (χ2n) is 5.59. The van der Waals surface area contributed by atoms with Crippen molar-refractivity contribution in [2.75, 3.05) is 7.11 Å².